The maximum atomic E-state index is 12.3. The Morgan fingerprint density at radius 3 is 2.38 bits per heavy atom. The van der Waals surface area contributed by atoms with E-state index in [9.17, 15) is 4.79 Å². The van der Waals surface area contributed by atoms with Crippen LogP contribution in [0.15, 0.2) is 34.9 Å². The molecule has 1 N–H and O–H groups in total. The van der Waals surface area contributed by atoms with Gasteiger partial charge in [0.05, 0.1) is 4.47 Å². The number of rotatable bonds is 5. The van der Waals surface area contributed by atoms with E-state index in [4.69, 9.17) is 9.72 Å². The zero-order valence-electron chi connectivity index (χ0n) is 20.6. The number of piperazine rings is 1. The second kappa shape index (κ2) is 10.4. The van der Waals surface area contributed by atoms with Crippen LogP contribution in [0, 0.1) is 0 Å². The van der Waals surface area contributed by atoms with Crippen molar-refractivity contribution in [3.8, 4) is 0 Å². The Morgan fingerprint density at radius 1 is 1.12 bits per heavy atom. The van der Waals surface area contributed by atoms with E-state index in [0.29, 0.717) is 25.1 Å². The van der Waals surface area contributed by atoms with E-state index in [1.165, 1.54) is 25.7 Å². The Hall–Kier alpha value is -2.55. The number of carbonyl (C=O) groups is 1. The van der Waals surface area contributed by atoms with Crippen LogP contribution < -0.4 is 15.1 Å². The van der Waals surface area contributed by atoms with Crippen molar-refractivity contribution in [1.29, 1.82) is 0 Å². The van der Waals surface area contributed by atoms with Crippen LogP contribution in [0.25, 0.3) is 0 Å². The second-order valence-electron chi connectivity index (χ2n) is 10.0. The van der Waals surface area contributed by atoms with Gasteiger partial charge in [-0.1, -0.05) is 12.8 Å². The molecule has 2 aromatic rings. The lowest BCUT2D eigenvalue weighted by atomic mass is 10.2. The van der Waals surface area contributed by atoms with Crippen LogP contribution in [0.1, 0.15) is 46.5 Å². The van der Waals surface area contributed by atoms with Gasteiger partial charge in [-0.3, -0.25) is 0 Å². The molecule has 184 valence electrons. The maximum absolute atomic E-state index is 12.3. The molecular formula is C25H35BrN6O2. The van der Waals surface area contributed by atoms with Gasteiger partial charge in [0.2, 0.25) is 5.95 Å². The van der Waals surface area contributed by atoms with E-state index in [0.717, 1.165) is 34.8 Å². The first kappa shape index (κ1) is 24.6. The number of benzene rings is 1. The molecule has 34 heavy (non-hydrogen) atoms. The highest BCUT2D eigenvalue weighted by molar-refractivity contribution is 9.10. The molecule has 2 heterocycles. The molecule has 1 aromatic carbocycles. The van der Waals surface area contributed by atoms with Gasteiger partial charge in [0.1, 0.15) is 11.4 Å². The first-order valence-electron chi connectivity index (χ1n) is 12.0. The number of halogens is 1. The summed E-state index contributed by atoms with van der Waals surface area (Å²) in [7, 11) is 2.12. The minimum atomic E-state index is -0.470. The van der Waals surface area contributed by atoms with Gasteiger partial charge < -0.3 is 24.8 Å². The number of nitrogens with zero attached hydrogens (tertiary/aromatic N) is 5. The van der Waals surface area contributed by atoms with E-state index in [-0.39, 0.29) is 6.09 Å². The lowest BCUT2D eigenvalue weighted by Crippen LogP contribution is -2.50. The summed E-state index contributed by atoms with van der Waals surface area (Å²) < 4.78 is 6.40. The summed E-state index contributed by atoms with van der Waals surface area (Å²) in [6.45, 7) is 8.54. The summed E-state index contributed by atoms with van der Waals surface area (Å²) in [6, 6.07) is 8.81. The molecule has 0 unspecified atom stereocenters. The van der Waals surface area contributed by atoms with Crippen molar-refractivity contribution in [2.75, 3.05) is 48.3 Å². The summed E-state index contributed by atoms with van der Waals surface area (Å²) in [5.41, 5.74) is 1.60. The number of nitrogens with one attached hydrogen (secondary N) is 1. The molecule has 0 atom stereocenters. The van der Waals surface area contributed by atoms with Gasteiger partial charge in [0.15, 0.2) is 0 Å². The summed E-state index contributed by atoms with van der Waals surface area (Å²) >= 11 is 3.61. The second-order valence-corrected chi connectivity index (χ2v) is 10.9. The van der Waals surface area contributed by atoms with E-state index in [1.807, 2.05) is 39.1 Å². The fourth-order valence-electron chi connectivity index (χ4n) is 4.49. The fraction of sp³-hybridized carbons (Fsp3) is 0.560. The van der Waals surface area contributed by atoms with E-state index < -0.39 is 5.60 Å². The Morgan fingerprint density at radius 2 is 1.76 bits per heavy atom. The highest BCUT2D eigenvalue weighted by atomic mass is 79.9. The molecule has 1 aliphatic carbocycles. The molecule has 0 spiro atoms. The average Bonchev–Trinajstić information content (AvgIpc) is 3.34. The Labute approximate surface area is 210 Å². The summed E-state index contributed by atoms with van der Waals surface area (Å²) in [4.78, 5) is 27.9. The van der Waals surface area contributed by atoms with Gasteiger partial charge in [0.25, 0.3) is 0 Å². The third-order valence-corrected chi connectivity index (χ3v) is 6.91. The van der Waals surface area contributed by atoms with Gasteiger partial charge in [-0.2, -0.15) is 4.98 Å². The summed E-state index contributed by atoms with van der Waals surface area (Å²) in [6.07, 6.45) is 6.57. The predicted molar refractivity (Wildman–Crippen MR) is 140 cm³/mol. The topological polar surface area (TPSA) is 73.8 Å². The molecule has 0 radical (unpaired) electrons. The van der Waals surface area contributed by atoms with Crippen molar-refractivity contribution in [3.05, 3.63) is 34.9 Å². The number of anilines is 4. The Bertz CT molecular complexity index is 980. The molecule has 0 bridgehead atoms. The molecule has 9 heteroatoms. The van der Waals surface area contributed by atoms with E-state index >= 15 is 0 Å². The maximum Gasteiger partial charge on any atom is 0.410 e. The standard InChI is InChI=1S/C25H35BrN6O2/c1-25(2,3)34-24(33)32-15-13-31(14-16-32)20-11-9-18(10-12-20)28-23-27-17-21(26)22(29-23)30(4)19-7-5-6-8-19/h9-12,17,19H,5-8,13-16H2,1-4H3,(H,27,28,29). The van der Waals surface area contributed by atoms with Crippen LogP contribution >= 0.6 is 15.9 Å². The summed E-state index contributed by atoms with van der Waals surface area (Å²) in [5.74, 6) is 1.51. The highest BCUT2D eigenvalue weighted by Crippen LogP contribution is 2.31. The number of hydrogen-bond acceptors (Lipinski definition) is 7. The average molecular weight is 531 g/mol. The molecule has 1 saturated heterocycles. The van der Waals surface area contributed by atoms with E-state index in [2.05, 4.69) is 55.2 Å². The Kier molecular flexibility index (Phi) is 7.50. The SMILES string of the molecule is CN(c1nc(Nc2ccc(N3CCN(C(=O)OC(C)(C)C)CC3)cc2)ncc1Br)C1CCCC1. The molecule has 1 aliphatic heterocycles. The molecule has 1 amide bonds. The predicted octanol–water partition coefficient (Wildman–Crippen LogP) is 5.42. The van der Waals surface area contributed by atoms with Gasteiger partial charge >= 0.3 is 6.09 Å². The Balaban J connectivity index is 1.35. The van der Waals surface area contributed by atoms with Crippen LogP contribution in [-0.2, 0) is 4.74 Å². The van der Waals surface area contributed by atoms with Crippen LogP contribution in [0.3, 0.4) is 0 Å². The third-order valence-electron chi connectivity index (χ3n) is 6.35. The number of amides is 1. The minimum Gasteiger partial charge on any atom is -0.444 e. The van der Waals surface area contributed by atoms with Crippen LogP contribution in [-0.4, -0.2) is 65.8 Å². The number of ether oxygens (including phenoxy) is 1. The van der Waals surface area contributed by atoms with Crippen molar-refractivity contribution in [1.82, 2.24) is 14.9 Å². The molecule has 1 saturated carbocycles. The normalized spacial score (nSPS) is 17.1. The zero-order chi connectivity index (χ0) is 24.3. The smallest absolute Gasteiger partial charge is 0.410 e. The molecular weight excluding hydrogens is 496 g/mol. The summed E-state index contributed by atoms with van der Waals surface area (Å²) in [5, 5.41) is 3.33. The van der Waals surface area contributed by atoms with E-state index in [1.54, 1.807) is 4.90 Å². The first-order chi connectivity index (χ1) is 16.2. The van der Waals surface area contributed by atoms with Gasteiger partial charge in [-0.25, -0.2) is 9.78 Å². The van der Waals surface area contributed by atoms with Crippen molar-refractivity contribution < 1.29 is 9.53 Å². The highest BCUT2D eigenvalue weighted by Gasteiger charge is 2.26. The van der Waals surface area contributed by atoms with Crippen molar-refractivity contribution in [3.63, 3.8) is 0 Å². The monoisotopic (exact) mass is 530 g/mol. The number of carbonyl (C=O) groups excluding carboxylic acids is 1. The number of aromatic nitrogens is 2. The number of hydrogen-bond donors (Lipinski definition) is 1. The van der Waals surface area contributed by atoms with Crippen molar-refractivity contribution >= 4 is 45.2 Å². The van der Waals surface area contributed by atoms with Gasteiger partial charge in [-0.15, -0.1) is 0 Å². The van der Waals surface area contributed by atoms with Crippen molar-refractivity contribution in [2.45, 2.75) is 58.1 Å². The van der Waals surface area contributed by atoms with Crippen molar-refractivity contribution in [2.24, 2.45) is 0 Å². The zero-order valence-corrected chi connectivity index (χ0v) is 22.1. The minimum absolute atomic E-state index is 0.237. The molecule has 1 aromatic heterocycles. The quantitative estimate of drug-likeness (QED) is 0.553. The molecule has 2 aliphatic rings. The lowest BCUT2D eigenvalue weighted by molar-refractivity contribution is 0.0240. The largest absolute Gasteiger partial charge is 0.444 e. The molecule has 4 rings (SSSR count). The molecule has 2 fully saturated rings. The first-order valence-corrected chi connectivity index (χ1v) is 12.8. The van der Waals surface area contributed by atoms with Crippen LogP contribution in [0.2, 0.25) is 0 Å². The molecule has 8 nitrogen and oxygen atoms in total. The van der Waals surface area contributed by atoms with Crippen LogP contribution in [0.4, 0.5) is 27.9 Å². The van der Waals surface area contributed by atoms with Gasteiger partial charge in [0, 0.05) is 56.8 Å². The lowest BCUT2D eigenvalue weighted by Gasteiger charge is -2.36. The third kappa shape index (κ3) is 6.11. The fourth-order valence-corrected chi connectivity index (χ4v) is 4.96. The van der Waals surface area contributed by atoms with Gasteiger partial charge in [-0.05, 0) is 73.8 Å². The van der Waals surface area contributed by atoms with Crippen LogP contribution in [0.5, 0.6) is 0 Å².